The van der Waals surface area contributed by atoms with E-state index in [0.29, 0.717) is 12.2 Å². The van der Waals surface area contributed by atoms with Crippen molar-refractivity contribution in [2.45, 2.75) is 13.5 Å². The number of hydrogen-bond donors (Lipinski definition) is 0. The van der Waals surface area contributed by atoms with Gasteiger partial charge in [-0.25, -0.2) is 9.48 Å². The fourth-order valence-electron chi connectivity index (χ4n) is 1.41. The highest BCUT2D eigenvalue weighted by Crippen LogP contribution is 2.00. The predicted molar refractivity (Wildman–Crippen MR) is 62.5 cm³/mol. The molecule has 0 saturated heterocycles. The highest BCUT2D eigenvalue weighted by Gasteiger charge is 2.04. The van der Waals surface area contributed by atoms with Crippen LogP contribution in [0.5, 0.6) is 0 Å². The number of hydrogen-bond acceptors (Lipinski definition) is 3. The molecule has 0 spiro atoms. The van der Waals surface area contributed by atoms with Gasteiger partial charge in [0.05, 0.1) is 6.54 Å². The number of rotatable bonds is 4. The Morgan fingerprint density at radius 2 is 2.33 bits per heavy atom. The first-order valence-electron chi connectivity index (χ1n) is 4.95. The van der Waals surface area contributed by atoms with E-state index in [1.807, 2.05) is 30.0 Å². The lowest BCUT2D eigenvalue weighted by Crippen LogP contribution is -2.22. The lowest BCUT2D eigenvalue weighted by Gasteiger charge is -1.96. The molecule has 0 unspecified atom stereocenters. The summed E-state index contributed by atoms with van der Waals surface area (Å²) in [7, 11) is 0. The smallest absolute Gasteiger partial charge is 0.250 e. The summed E-state index contributed by atoms with van der Waals surface area (Å²) in [6.45, 7) is 2.79. The van der Waals surface area contributed by atoms with E-state index in [-0.39, 0.29) is 5.69 Å². The van der Waals surface area contributed by atoms with Gasteiger partial charge in [-0.2, -0.15) is 11.8 Å². The molecule has 15 heavy (non-hydrogen) atoms. The van der Waals surface area contributed by atoms with Gasteiger partial charge < -0.3 is 0 Å². The van der Waals surface area contributed by atoms with E-state index in [1.165, 1.54) is 4.68 Å². The number of aromatic nitrogens is 3. The minimum atomic E-state index is -0.0534. The molecular weight excluding hydrogens is 210 g/mol. The minimum Gasteiger partial charge on any atom is -0.250 e. The summed E-state index contributed by atoms with van der Waals surface area (Å²) < 4.78 is 3.09. The van der Waals surface area contributed by atoms with Crippen molar-refractivity contribution in [1.29, 1.82) is 0 Å². The zero-order chi connectivity index (χ0) is 10.7. The topological polar surface area (TPSA) is 39.3 Å². The van der Waals surface area contributed by atoms with E-state index in [2.05, 4.69) is 12.0 Å². The van der Waals surface area contributed by atoms with E-state index in [4.69, 9.17) is 0 Å². The fraction of sp³-hybridized carbons (Fsp3) is 0.400. The molecule has 0 amide bonds. The number of thioether (sulfide) groups is 1. The van der Waals surface area contributed by atoms with Gasteiger partial charge in [-0.3, -0.25) is 4.40 Å². The molecule has 0 aliphatic heterocycles. The van der Waals surface area contributed by atoms with Crippen LogP contribution in [-0.2, 0) is 6.54 Å². The molecule has 80 valence electrons. The standard InChI is InChI=1S/C10H13N3OS/c1-2-15-8-7-13-10(14)12-6-4-3-5-9(12)11-13/h3-6H,2,7-8H2,1H3. The van der Waals surface area contributed by atoms with Crippen LogP contribution in [0.25, 0.3) is 5.65 Å². The van der Waals surface area contributed by atoms with Gasteiger partial charge in [0, 0.05) is 11.9 Å². The lowest BCUT2D eigenvalue weighted by atomic mass is 10.5. The van der Waals surface area contributed by atoms with Gasteiger partial charge in [0.25, 0.3) is 0 Å². The van der Waals surface area contributed by atoms with Crippen LogP contribution < -0.4 is 5.69 Å². The molecule has 0 radical (unpaired) electrons. The highest BCUT2D eigenvalue weighted by atomic mass is 32.2. The summed E-state index contributed by atoms with van der Waals surface area (Å²) in [5, 5.41) is 4.24. The number of nitrogens with zero attached hydrogens (tertiary/aromatic N) is 3. The Labute approximate surface area is 91.9 Å². The average Bonchev–Trinajstić information content (AvgIpc) is 2.57. The van der Waals surface area contributed by atoms with Crippen LogP contribution in [0.15, 0.2) is 29.2 Å². The molecule has 0 saturated carbocycles. The number of aryl methyl sites for hydroxylation is 1. The summed E-state index contributed by atoms with van der Waals surface area (Å²) >= 11 is 1.81. The predicted octanol–water partition coefficient (Wildman–Crippen LogP) is 1.25. The number of pyridine rings is 1. The van der Waals surface area contributed by atoms with Gasteiger partial charge in [-0.15, -0.1) is 5.10 Å². The van der Waals surface area contributed by atoms with Gasteiger partial charge in [-0.05, 0) is 17.9 Å². The van der Waals surface area contributed by atoms with Crippen LogP contribution in [0.2, 0.25) is 0 Å². The maximum atomic E-state index is 11.8. The van der Waals surface area contributed by atoms with Crippen LogP contribution >= 0.6 is 11.8 Å². The van der Waals surface area contributed by atoms with Crippen LogP contribution in [0.1, 0.15) is 6.92 Å². The summed E-state index contributed by atoms with van der Waals surface area (Å²) in [6.07, 6.45) is 1.74. The van der Waals surface area contributed by atoms with Gasteiger partial charge in [-0.1, -0.05) is 13.0 Å². The molecule has 0 bridgehead atoms. The molecule has 0 fully saturated rings. The molecule has 2 aromatic heterocycles. The zero-order valence-electron chi connectivity index (χ0n) is 8.59. The third-order valence-corrected chi connectivity index (χ3v) is 3.02. The van der Waals surface area contributed by atoms with Gasteiger partial charge in [0.1, 0.15) is 0 Å². The van der Waals surface area contributed by atoms with Crippen LogP contribution in [0.4, 0.5) is 0 Å². The third-order valence-electron chi connectivity index (χ3n) is 2.14. The van der Waals surface area contributed by atoms with Crippen LogP contribution in [-0.4, -0.2) is 25.7 Å². The zero-order valence-corrected chi connectivity index (χ0v) is 9.41. The van der Waals surface area contributed by atoms with E-state index in [1.54, 1.807) is 10.6 Å². The first-order chi connectivity index (χ1) is 7.33. The molecule has 0 aromatic carbocycles. The molecule has 0 aliphatic rings. The van der Waals surface area contributed by atoms with Crippen molar-refractivity contribution in [3.8, 4) is 0 Å². The second-order valence-corrected chi connectivity index (χ2v) is 4.53. The van der Waals surface area contributed by atoms with Crippen molar-refractivity contribution in [2.24, 2.45) is 0 Å². The van der Waals surface area contributed by atoms with Crippen molar-refractivity contribution < 1.29 is 0 Å². The Balaban J connectivity index is 2.28. The quantitative estimate of drug-likeness (QED) is 0.732. The Hall–Kier alpha value is -1.23. The van der Waals surface area contributed by atoms with Crippen molar-refractivity contribution in [3.05, 3.63) is 34.9 Å². The van der Waals surface area contributed by atoms with Crippen LogP contribution in [0, 0.1) is 0 Å². The Bertz CT molecular complexity index is 503. The Morgan fingerprint density at radius 1 is 1.47 bits per heavy atom. The lowest BCUT2D eigenvalue weighted by molar-refractivity contribution is 0.640. The Kier molecular flexibility index (Phi) is 3.11. The summed E-state index contributed by atoms with van der Waals surface area (Å²) in [5.41, 5.74) is 0.659. The second-order valence-electron chi connectivity index (χ2n) is 3.13. The van der Waals surface area contributed by atoms with Crippen LogP contribution in [0.3, 0.4) is 0 Å². The maximum Gasteiger partial charge on any atom is 0.350 e. The van der Waals surface area contributed by atoms with E-state index < -0.39 is 0 Å². The first kappa shape index (κ1) is 10.3. The van der Waals surface area contributed by atoms with E-state index in [0.717, 1.165) is 11.5 Å². The second kappa shape index (κ2) is 4.53. The first-order valence-corrected chi connectivity index (χ1v) is 6.10. The SMILES string of the molecule is CCSCCn1nc2ccccn2c1=O. The van der Waals surface area contributed by atoms with Crippen molar-refractivity contribution in [1.82, 2.24) is 14.2 Å². The normalized spacial score (nSPS) is 11.0. The molecule has 0 aliphatic carbocycles. The molecule has 2 heterocycles. The molecule has 4 nitrogen and oxygen atoms in total. The summed E-state index contributed by atoms with van der Waals surface area (Å²) in [6, 6.07) is 5.55. The van der Waals surface area contributed by atoms with Crippen molar-refractivity contribution in [2.75, 3.05) is 11.5 Å². The van der Waals surface area contributed by atoms with Crippen molar-refractivity contribution >= 4 is 17.4 Å². The monoisotopic (exact) mass is 223 g/mol. The van der Waals surface area contributed by atoms with Gasteiger partial charge >= 0.3 is 5.69 Å². The molecule has 5 heteroatoms. The molecular formula is C10H13N3OS. The highest BCUT2D eigenvalue weighted by molar-refractivity contribution is 7.99. The van der Waals surface area contributed by atoms with E-state index in [9.17, 15) is 4.79 Å². The van der Waals surface area contributed by atoms with E-state index >= 15 is 0 Å². The Morgan fingerprint density at radius 3 is 3.07 bits per heavy atom. The van der Waals surface area contributed by atoms with Gasteiger partial charge in [0.15, 0.2) is 5.65 Å². The molecule has 2 aromatic rings. The van der Waals surface area contributed by atoms with Gasteiger partial charge in [0.2, 0.25) is 0 Å². The average molecular weight is 223 g/mol. The fourth-order valence-corrected chi connectivity index (χ4v) is 2.00. The summed E-state index contributed by atoms with van der Waals surface area (Å²) in [5.74, 6) is 2.00. The molecule has 0 N–H and O–H groups in total. The minimum absolute atomic E-state index is 0.0534. The summed E-state index contributed by atoms with van der Waals surface area (Å²) in [4.78, 5) is 11.8. The maximum absolute atomic E-state index is 11.8. The molecule has 2 rings (SSSR count). The third kappa shape index (κ3) is 2.07. The largest absolute Gasteiger partial charge is 0.350 e. The molecule has 0 atom stereocenters. The number of fused-ring (bicyclic) bond motifs is 1. The van der Waals surface area contributed by atoms with Crippen molar-refractivity contribution in [3.63, 3.8) is 0 Å².